The van der Waals surface area contributed by atoms with Gasteiger partial charge in [0.1, 0.15) is 23.0 Å². The van der Waals surface area contributed by atoms with Crippen LogP contribution in [0.2, 0.25) is 0 Å². The van der Waals surface area contributed by atoms with E-state index < -0.39 is 0 Å². The molecule has 0 saturated carbocycles. The van der Waals surface area contributed by atoms with Gasteiger partial charge in [-0.3, -0.25) is 0 Å². The standard InChI is InChI=1S/C22H16Br2O2/c1-3-15-5-9-17(10-6-15)25-21-13-20(24)22(14-19(21)23)26-18-11-7-16(4-2)8-12-18/h3-14H,1-2H2. The van der Waals surface area contributed by atoms with Gasteiger partial charge in [-0.2, -0.15) is 0 Å². The first-order chi connectivity index (χ1) is 12.6. The Morgan fingerprint density at radius 3 is 1.27 bits per heavy atom. The first-order valence-corrected chi connectivity index (χ1v) is 9.47. The van der Waals surface area contributed by atoms with Crippen molar-refractivity contribution in [2.24, 2.45) is 0 Å². The normalized spacial score (nSPS) is 10.2. The summed E-state index contributed by atoms with van der Waals surface area (Å²) in [6.07, 6.45) is 3.59. The fourth-order valence-corrected chi connectivity index (χ4v) is 3.07. The average molecular weight is 472 g/mol. The van der Waals surface area contributed by atoms with E-state index in [4.69, 9.17) is 9.47 Å². The van der Waals surface area contributed by atoms with Gasteiger partial charge < -0.3 is 9.47 Å². The molecule has 4 heteroatoms. The molecule has 0 aliphatic carbocycles. The minimum Gasteiger partial charge on any atom is -0.456 e. The van der Waals surface area contributed by atoms with Gasteiger partial charge in [0.05, 0.1) is 8.95 Å². The van der Waals surface area contributed by atoms with Gasteiger partial charge in [-0.25, -0.2) is 0 Å². The van der Waals surface area contributed by atoms with Crippen molar-refractivity contribution in [1.29, 1.82) is 0 Å². The fraction of sp³-hybridized carbons (Fsp3) is 0. The van der Waals surface area contributed by atoms with Crippen LogP contribution in [-0.2, 0) is 0 Å². The predicted molar refractivity (Wildman–Crippen MR) is 115 cm³/mol. The summed E-state index contributed by atoms with van der Waals surface area (Å²) in [4.78, 5) is 0. The Balaban J connectivity index is 1.80. The van der Waals surface area contributed by atoms with Crippen LogP contribution in [-0.4, -0.2) is 0 Å². The van der Waals surface area contributed by atoms with Gasteiger partial charge in [0.2, 0.25) is 0 Å². The summed E-state index contributed by atoms with van der Waals surface area (Å²) in [7, 11) is 0. The molecule has 0 atom stereocenters. The van der Waals surface area contributed by atoms with Crippen molar-refractivity contribution in [2.45, 2.75) is 0 Å². The molecule has 0 aromatic heterocycles. The molecule has 0 spiro atoms. The molecule has 0 aliphatic rings. The van der Waals surface area contributed by atoms with E-state index in [2.05, 4.69) is 45.0 Å². The van der Waals surface area contributed by atoms with Crippen LogP contribution in [0.5, 0.6) is 23.0 Å². The van der Waals surface area contributed by atoms with Gasteiger partial charge in [-0.05, 0) is 79.4 Å². The van der Waals surface area contributed by atoms with E-state index in [1.54, 1.807) is 12.2 Å². The Morgan fingerprint density at radius 1 is 0.615 bits per heavy atom. The number of benzene rings is 3. The molecule has 0 heterocycles. The van der Waals surface area contributed by atoms with Crippen LogP contribution in [0.4, 0.5) is 0 Å². The lowest BCUT2D eigenvalue weighted by molar-refractivity contribution is 0.464. The minimum atomic E-state index is 0.692. The van der Waals surface area contributed by atoms with Crippen molar-refractivity contribution in [3.05, 3.63) is 93.9 Å². The van der Waals surface area contributed by atoms with E-state index in [1.807, 2.05) is 60.7 Å². The maximum atomic E-state index is 5.95. The molecular formula is C22H16Br2O2. The molecule has 0 unspecified atom stereocenters. The summed E-state index contributed by atoms with van der Waals surface area (Å²) < 4.78 is 13.5. The maximum absolute atomic E-state index is 5.95. The van der Waals surface area contributed by atoms with E-state index in [0.717, 1.165) is 31.6 Å². The lowest BCUT2D eigenvalue weighted by Crippen LogP contribution is -1.90. The topological polar surface area (TPSA) is 18.5 Å². The molecule has 130 valence electrons. The first kappa shape index (κ1) is 18.5. The van der Waals surface area contributed by atoms with Crippen molar-refractivity contribution in [1.82, 2.24) is 0 Å². The number of hydrogen-bond acceptors (Lipinski definition) is 2. The van der Waals surface area contributed by atoms with Crippen molar-refractivity contribution in [3.8, 4) is 23.0 Å². The zero-order valence-electron chi connectivity index (χ0n) is 13.9. The monoisotopic (exact) mass is 470 g/mol. The lowest BCUT2D eigenvalue weighted by Gasteiger charge is -2.13. The predicted octanol–water partition coefficient (Wildman–Crippen LogP) is 8.08. The Morgan fingerprint density at radius 2 is 0.962 bits per heavy atom. The highest BCUT2D eigenvalue weighted by molar-refractivity contribution is 9.11. The van der Waals surface area contributed by atoms with Crippen LogP contribution < -0.4 is 9.47 Å². The molecule has 0 fully saturated rings. The average Bonchev–Trinajstić information content (AvgIpc) is 2.67. The number of rotatable bonds is 6. The van der Waals surface area contributed by atoms with Crippen LogP contribution in [0.1, 0.15) is 11.1 Å². The fourth-order valence-electron chi connectivity index (χ4n) is 2.26. The summed E-state index contributed by atoms with van der Waals surface area (Å²) in [6, 6.07) is 19.2. The third-order valence-corrected chi connectivity index (χ3v) is 4.91. The lowest BCUT2D eigenvalue weighted by atomic mass is 10.2. The van der Waals surface area contributed by atoms with Crippen molar-refractivity contribution < 1.29 is 9.47 Å². The van der Waals surface area contributed by atoms with Crippen LogP contribution >= 0.6 is 31.9 Å². The summed E-state index contributed by atoms with van der Waals surface area (Å²) in [6.45, 7) is 7.50. The molecule has 0 amide bonds. The highest BCUT2D eigenvalue weighted by atomic mass is 79.9. The second kappa shape index (κ2) is 8.39. The summed E-state index contributed by atoms with van der Waals surface area (Å²) in [5.41, 5.74) is 2.09. The zero-order chi connectivity index (χ0) is 18.5. The largest absolute Gasteiger partial charge is 0.456 e. The van der Waals surface area contributed by atoms with Crippen LogP contribution in [0.25, 0.3) is 12.2 Å². The highest BCUT2D eigenvalue weighted by Crippen LogP contribution is 2.40. The van der Waals surface area contributed by atoms with E-state index in [1.165, 1.54) is 0 Å². The number of hydrogen-bond donors (Lipinski definition) is 0. The SMILES string of the molecule is C=Cc1ccc(Oc2cc(Br)c(Oc3ccc(C=C)cc3)cc2Br)cc1. The molecule has 0 saturated heterocycles. The van der Waals surface area contributed by atoms with Crippen LogP contribution in [0.15, 0.2) is 82.8 Å². The van der Waals surface area contributed by atoms with Gasteiger partial charge in [0.15, 0.2) is 0 Å². The molecule has 3 rings (SSSR count). The Labute approximate surface area is 170 Å². The Kier molecular flexibility index (Phi) is 5.96. The van der Waals surface area contributed by atoms with Gasteiger partial charge in [0.25, 0.3) is 0 Å². The molecule has 26 heavy (non-hydrogen) atoms. The summed E-state index contributed by atoms with van der Waals surface area (Å²) in [5, 5.41) is 0. The van der Waals surface area contributed by atoms with E-state index >= 15 is 0 Å². The highest BCUT2D eigenvalue weighted by Gasteiger charge is 2.11. The van der Waals surface area contributed by atoms with E-state index in [9.17, 15) is 0 Å². The molecule has 0 bridgehead atoms. The second-order valence-corrected chi connectivity index (χ2v) is 7.17. The molecule has 0 aliphatic heterocycles. The van der Waals surface area contributed by atoms with Crippen molar-refractivity contribution >= 4 is 44.0 Å². The third kappa shape index (κ3) is 4.45. The molecular weight excluding hydrogens is 456 g/mol. The smallest absolute Gasteiger partial charge is 0.143 e. The van der Waals surface area contributed by atoms with Crippen molar-refractivity contribution in [2.75, 3.05) is 0 Å². The zero-order valence-corrected chi connectivity index (χ0v) is 17.1. The molecule has 3 aromatic rings. The number of halogens is 2. The number of ether oxygens (including phenoxy) is 2. The summed E-state index contributed by atoms with van der Waals surface area (Å²) in [5.74, 6) is 2.88. The van der Waals surface area contributed by atoms with Crippen molar-refractivity contribution in [3.63, 3.8) is 0 Å². The Bertz CT molecular complexity index is 850. The second-order valence-electron chi connectivity index (χ2n) is 5.46. The summed E-state index contributed by atoms with van der Waals surface area (Å²) >= 11 is 7.10. The van der Waals surface area contributed by atoms with Crippen LogP contribution in [0, 0.1) is 0 Å². The van der Waals surface area contributed by atoms with Gasteiger partial charge >= 0.3 is 0 Å². The minimum absolute atomic E-state index is 0.692. The van der Waals surface area contributed by atoms with Gasteiger partial charge in [-0.15, -0.1) is 0 Å². The molecule has 2 nitrogen and oxygen atoms in total. The third-order valence-electron chi connectivity index (χ3n) is 3.67. The molecule has 0 N–H and O–H groups in total. The van der Waals surface area contributed by atoms with E-state index in [-0.39, 0.29) is 0 Å². The van der Waals surface area contributed by atoms with E-state index in [0.29, 0.717) is 11.5 Å². The molecule has 3 aromatic carbocycles. The quantitative estimate of drug-likeness (QED) is 0.361. The molecule has 0 radical (unpaired) electrons. The first-order valence-electron chi connectivity index (χ1n) is 7.89. The van der Waals surface area contributed by atoms with Gasteiger partial charge in [0, 0.05) is 0 Å². The maximum Gasteiger partial charge on any atom is 0.143 e. The van der Waals surface area contributed by atoms with Crippen LogP contribution in [0.3, 0.4) is 0 Å². The van der Waals surface area contributed by atoms with Gasteiger partial charge in [-0.1, -0.05) is 49.6 Å². The Hall–Kier alpha value is -2.30.